The van der Waals surface area contributed by atoms with E-state index in [0.717, 1.165) is 24.3 Å². The maximum absolute atomic E-state index is 5.75. The summed E-state index contributed by atoms with van der Waals surface area (Å²) in [4.78, 5) is 4.03. The number of nitrogens with zero attached hydrogens (tertiary/aromatic N) is 1. The van der Waals surface area contributed by atoms with Gasteiger partial charge in [0.2, 0.25) is 0 Å². The van der Waals surface area contributed by atoms with Crippen LogP contribution < -0.4 is 10.6 Å². The van der Waals surface area contributed by atoms with Gasteiger partial charge in [0.25, 0.3) is 0 Å². The van der Waals surface area contributed by atoms with E-state index in [9.17, 15) is 0 Å². The Morgan fingerprint density at radius 3 is 2.92 bits per heavy atom. The van der Waals surface area contributed by atoms with Crippen LogP contribution in [0.4, 0.5) is 5.69 Å². The first kappa shape index (κ1) is 8.78. The lowest BCUT2D eigenvalue weighted by atomic mass is 10.1. The fourth-order valence-electron chi connectivity index (χ4n) is 1.28. The van der Waals surface area contributed by atoms with Gasteiger partial charge in [0.15, 0.2) is 0 Å². The molecule has 1 aromatic rings. The smallest absolute Gasteiger partial charge is 0.129 e. The van der Waals surface area contributed by atoms with Gasteiger partial charge in [-0.05, 0) is 18.6 Å². The largest absolute Gasteiger partial charge is 0.378 e. The van der Waals surface area contributed by atoms with Crippen molar-refractivity contribution in [1.82, 2.24) is 10.3 Å². The number of aryl methyl sites for hydroxylation is 1. The van der Waals surface area contributed by atoms with E-state index in [4.69, 9.17) is 11.6 Å². The molecule has 0 aromatic carbocycles. The van der Waals surface area contributed by atoms with E-state index in [1.807, 2.05) is 13.0 Å². The van der Waals surface area contributed by atoms with Crippen LogP contribution in [-0.2, 0) is 0 Å². The molecule has 0 radical (unpaired) electrons. The van der Waals surface area contributed by atoms with Crippen molar-refractivity contribution in [1.29, 1.82) is 0 Å². The maximum atomic E-state index is 5.75. The second kappa shape index (κ2) is 3.52. The molecule has 0 amide bonds. The SMILES string of the molecule is Cc1cc(Cl)ncc1NC1CNC1. The van der Waals surface area contributed by atoms with Crippen molar-refractivity contribution in [3.05, 3.63) is 23.0 Å². The van der Waals surface area contributed by atoms with Crippen LogP contribution in [-0.4, -0.2) is 24.1 Å². The van der Waals surface area contributed by atoms with Crippen LogP contribution in [0.25, 0.3) is 0 Å². The normalized spacial score (nSPS) is 16.8. The summed E-state index contributed by atoms with van der Waals surface area (Å²) in [5.74, 6) is 0. The quantitative estimate of drug-likeness (QED) is 0.705. The number of hydrogen-bond acceptors (Lipinski definition) is 3. The van der Waals surface area contributed by atoms with Crippen molar-refractivity contribution in [2.75, 3.05) is 18.4 Å². The average molecular weight is 198 g/mol. The van der Waals surface area contributed by atoms with Crippen molar-refractivity contribution in [3.63, 3.8) is 0 Å². The van der Waals surface area contributed by atoms with Gasteiger partial charge < -0.3 is 10.6 Å². The highest BCUT2D eigenvalue weighted by molar-refractivity contribution is 6.29. The third-order valence-electron chi connectivity index (χ3n) is 2.22. The Labute approximate surface area is 82.5 Å². The van der Waals surface area contributed by atoms with Crippen molar-refractivity contribution < 1.29 is 0 Å². The van der Waals surface area contributed by atoms with Gasteiger partial charge in [-0.2, -0.15) is 0 Å². The zero-order chi connectivity index (χ0) is 9.26. The standard InChI is InChI=1S/C9H12ClN3/c1-6-2-9(10)12-5-8(6)13-7-3-11-4-7/h2,5,7,11,13H,3-4H2,1H3. The summed E-state index contributed by atoms with van der Waals surface area (Å²) < 4.78 is 0. The first-order chi connectivity index (χ1) is 6.25. The molecule has 1 saturated heterocycles. The molecule has 1 aliphatic heterocycles. The molecule has 2 rings (SSSR count). The van der Waals surface area contributed by atoms with Crippen LogP contribution in [0, 0.1) is 6.92 Å². The third kappa shape index (κ3) is 1.92. The first-order valence-corrected chi connectivity index (χ1v) is 4.73. The number of anilines is 1. The van der Waals surface area contributed by atoms with Gasteiger partial charge >= 0.3 is 0 Å². The third-order valence-corrected chi connectivity index (χ3v) is 2.43. The van der Waals surface area contributed by atoms with Crippen LogP contribution in [0.15, 0.2) is 12.3 Å². The van der Waals surface area contributed by atoms with E-state index in [1.165, 1.54) is 0 Å². The van der Waals surface area contributed by atoms with Crippen molar-refractivity contribution in [3.8, 4) is 0 Å². The zero-order valence-corrected chi connectivity index (χ0v) is 8.23. The number of rotatable bonds is 2. The Hall–Kier alpha value is -0.800. The lowest BCUT2D eigenvalue weighted by Crippen LogP contribution is -2.51. The summed E-state index contributed by atoms with van der Waals surface area (Å²) >= 11 is 5.75. The van der Waals surface area contributed by atoms with Crippen LogP contribution in [0.1, 0.15) is 5.56 Å². The summed E-state index contributed by atoms with van der Waals surface area (Å²) in [7, 11) is 0. The molecule has 2 N–H and O–H groups in total. The van der Waals surface area contributed by atoms with Gasteiger partial charge in [-0.15, -0.1) is 0 Å². The number of hydrogen-bond donors (Lipinski definition) is 2. The molecule has 1 aliphatic rings. The fraction of sp³-hybridized carbons (Fsp3) is 0.444. The van der Waals surface area contributed by atoms with Gasteiger partial charge in [0.05, 0.1) is 17.9 Å². The second-order valence-corrected chi connectivity index (χ2v) is 3.71. The number of aromatic nitrogens is 1. The van der Waals surface area contributed by atoms with Crippen molar-refractivity contribution in [2.24, 2.45) is 0 Å². The lowest BCUT2D eigenvalue weighted by molar-refractivity contribution is 0.472. The van der Waals surface area contributed by atoms with Gasteiger partial charge in [-0.25, -0.2) is 4.98 Å². The van der Waals surface area contributed by atoms with Crippen LogP contribution in [0.2, 0.25) is 5.15 Å². The molecule has 70 valence electrons. The summed E-state index contributed by atoms with van der Waals surface area (Å²) in [6.07, 6.45) is 1.79. The second-order valence-electron chi connectivity index (χ2n) is 3.32. The van der Waals surface area contributed by atoms with Crippen molar-refractivity contribution >= 4 is 17.3 Å². The van der Waals surface area contributed by atoms with Gasteiger partial charge in [-0.1, -0.05) is 11.6 Å². The Balaban J connectivity index is 2.10. The maximum Gasteiger partial charge on any atom is 0.129 e. The highest BCUT2D eigenvalue weighted by atomic mass is 35.5. The molecule has 3 nitrogen and oxygen atoms in total. The van der Waals surface area contributed by atoms with Gasteiger partial charge in [0, 0.05) is 13.1 Å². The van der Waals surface area contributed by atoms with E-state index < -0.39 is 0 Å². The summed E-state index contributed by atoms with van der Waals surface area (Å²) in [6, 6.07) is 2.41. The van der Waals surface area contributed by atoms with Crippen molar-refractivity contribution in [2.45, 2.75) is 13.0 Å². The molecule has 2 heterocycles. The Kier molecular flexibility index (Phi) is 2.38. The molecule has 0 aliphatic carbocycles. The first-order valence-electron chi connectivity index (χ1n) is 4.35. The summed E-state index contributed by atoms with van der Waals surface area (Å²) in [5.41, 5.74) is 2.22. The molecule has 0 spiro atoms. The van der Waals surface area contributed by atoms with E-state index >= 15 is 0 Å². The molecular formula is C9H12ClN3. The monoisotopic (exact) mass is 197 g/mol. The molecule has 13 heavy (non-hydrogen) atoms. The Morgan fingerprint density at radius 1 is 1.62 bits per heavy atom. The Bertz CT molecular complexity index is 310. The van der Waals surface area contributed by atoms with Gasteiger partial charge in [-0.3, -0.25) is 0 Å². The minimum atomic E-state index is 0.543. The van der Waals surface area contributed by atoms with Crippen LogP contribution in [0.5, 0.6) is 0 Å². The summed E-state index contributed by atoms with van der Waals surface area (Å²) in [5, 5.41) is 7.14. The molecule has 0 unspecified atom stereocenters. The molecule has 4 heteroatoms. The van der Waals surface area contributed by atoms with Gasteiger partial charge in [0.1, 0.15) is 5.15 Å². The topological polar surface area (TPSA) is 37.0 Å². The molecule has 1 aromatic heterocycles. The van der Waals surface area contributed by atoms with E-state index in [1.54, 1.807) is 6.20 Å². The zero-order valence-electron chi connectivity index (χ0n) is 7.47. The minimum absolute atomic E-state index is 0.543. The Morgan fingerprint density at radius 2 is 2.38 bits per heavy atom. The van der Waals surface area contributed by atoms with E-state index in [0.29, 0.717) is 11.2 Å². The van der Waals surface area contributed by atoms with Crippen LogP contribution in [0.3, 0.4) is 0 Å². The van der Waals surface area contributed by atoms with E-state index in [-0.39, 0.29) is 0 Å². The average Bonchev–Trinajstić information content (AvgIpc) is 1.99. The minimum Gasteiger partial charge on any atom is -0.378 e. The molecule has 0 saturated carbocycles. The number of pyridine rings is 1. The predicted octanol–water partition coefficient (Wildman–Crippen LogP) is 1.43. The predicted molar refractivity (Wildman–Crippen MR) is 54.3 cm³/mol. The molecule has 0 bridgehead atoms. The molecule has 0 atom stereocenters. The fourth-order valence-corrected chi connectivity index (χ4v) is 1.50. The number of nitrogens with one attached hydrogen (secondary N) is 2. The van der Waals surface area contributed by atoms with E-state index in [2.05, 4.69) is 15.6 Å². The number of halogens is 1. The highest BCUT2D eigenvalue weighted by Gasteiger charge is 2.16. The van der Waals surface area contributed by atoms with Crippen LogP contribution >= 0.6 is 11.6 Å². The summed E-state index contributed by atoms with van der Waals surface area (Å²) in [6.45, 7) is 4.09. The molecular weight excluding hydrogens is 186 g/mol. The highest BCUT2D eigenvalue weighted by Crippen LogP contribution is 2.18. The molecule has 1 fully saturated rings. The lowest BCUT2D eigenvalue weighted by Gasteiger charge is -2.29.